The Morgan fingerprint density at radius 3 is 2.65 bits per heavy atom. The Morgan fingerprint density at radius 2 is 2.00 bits per heavy atom. The Morgan fingerprint density at radius 1 is 1.30 bits per heavy atom. The third-order valence-electron chi connectivity index (χ3n) is 4.05. The summed E-state index contributed by atoms with van der Waals surface area (Å²) in [5.41, 5.74) is 0.0924. The van der Waals surface area contributed by atoms with Gasteiger partial charge in [-0.15, -0.1) is 0 Å². The van der Waals surface area contributed by atoms with E-state index in [1.54, 1.807) is 4.90 Å². The lowest BCUT2D eigenvalue weighted by Crippen LogP contribution is -2.38. The highest BCUT2D eigenvalue weighted by atomic mass is 19.4. The van der Waals surface area contributed by atoms with Crippen molar-refractivity contribution in [3.8, 4) is 0 Å². The molecule has 0 radical (unpaired) electrons. The molecule has 1 spiro atoms. The van der Waals surface area contributed by atoms with Gasteiger partial charge in [-0.25, -0.2) is 0 Å². The predicted molar refractivity (Wildman–Crippen MR) is 67.2 cm³/mol. The van der Waals surface area contributed by atoms with Crippen LogP contribution in [0.4, 0.5) is 13.2 Å². The van der Waals surface area contributed by atoms with Gasteiger partial charge in [0.15, 0.2) is 0 Å². The van der Waals surface area contributed by atoms with Crippen molar-refractivity contribution in [2.24, 2.45) is 5.41 Å². The van der Waals surface area contributed by atoms with Crippen molar-refractivity contribution < 1.29 is 22.7 Å². The zero-order valence-electron chi connectivity index (χ0n) is 11.5. The summed E-state index contributed by atoms with van der Waals surface area (Å²) in [4.78, 5) is 13.7. The highest BCUT2D eigenvalue weighted by Crippen LogP contribution is 2.39. The second-order valence-electron chi connectivity index (χ2n) is 5.76. The number of nitrogens with zero attached hydrogens (tertiary/aromatic N) is 1. The van der Waals surface area contributed by atoms with Crippen LogP contribution < -0.4 is 5.32 Å². The van der Waals surface area contributed by atoms with Gasteiger partial charge in [0.2, 0.25) is 5.91 Å². The molecule has 0 aromatic rings. The zero-order valence-corrected chi connectivity index (χ0v) is 11.5. The fourth-order valence-electron chi connectivity index (χ4n) is 3.02. The van der Waals surface area contributed by atoms with Crippen molar-refractivity contribution in [1.29, 1.82) is 0 Å². The number of likely N-dealkylation sites (tertiary alicyclic amines) is 1. The largest absolute Gasteiger partial charge is 0.411 e. The van der Waals surface area contributed by atoms with E-state index in [-0.39, 0.29) is 17.9 Å². The predicted octanol–water partition coefficient (Wildman–Crippen LogP) is 1.56. The van der Waals surface area contributed by atoms with E-state index < -0.39 is 12.8 Å². The maximum atomic E-state index is 12.0. The van der Waals surface area contributed by atoms with E-state index in [1.165, 1.54) is 0 Å². The first-order valence-corrected chi connectivity index (χ1v) is 7.03. The Kier molecular flexibility index (Phi) is 4.90. The highest BCUT2D eigenvalue weighted by molar-refractivity contribution is 5.79. The molecular formula is C13H21F3N2O2. The lowest BCUT2D eigenvalue weighted by atomic mass is 9.78. The van der Waals surface area contributed by atoms with E-state index in [4.69, 9.17) is 0 Å². The summed E-state index contributed by atoms with van der Waals surface area (Å²) in [6.07, 6.45) is -1.24. The minimum atomic E-state index is -4.28. The van der Waals surface area contributed by atoms with E-state index in [9.17, 15) is 18.0 Å². The van der Waals surface area contributed by atoms with Crippen molar-refractivity contribution in [2.75, 3.05) is 39.4 Å². The van der Waals surface area contributed by atoms with Gasteiger partial charge in [-0.1, -0.05) is 0 Å². The monoisotopic (exact) mass is 294 g/mol. The number of hydrogen-bond acceptors (Lipinski definition) is 3. The quantitative estimate of drug-likeness (QED) is 0.782. The summed E-state index contributed by atoms with van der Waals surface area (Å²) < 4.78 is 40.2. The standard InChI is InChI=1S/C13H21F3N2O2/c14-13(15,16)10-20-7-1-6-18-9-12(8-11(18)19)2-4-17-5-3-12/h17H,1-10H2. The average molecular weight is 294 g/mol. The van der Waals surface area contributed by atoms with Crippen LogP contribution in [0.3, 0.4) is 0 Å². The van der Waals surface area contributed by atoms with Gasteiger partial charge in [0.25, 0.3) is 0 Å². The lowest BCUT2D eigenvalue weighted by molar-refractivity contribution is -0.174. The van der Waals surface area contributed by atoms with Crippen LogP contribution in [0.15, 0.2) is 0 Å². The molecule has 1 amide bonds. The van der Waals surface area contributed by atoms with Crippen LogP contribution in [-0.4, -0.2) is 56.4 Å². The van der Waals surface area contributed by atoms with Crippen LogP contribution >= 0.6 is 0 Å². The van der Waals surface area contributed by atoms with Crippen LogP contribution in [0.5, 0.6) is 0 Å². The Hall–Kier alpha value is -0.820. The molecule has 0 atom stereocenters. The van der Waals surface area contributed by atoms with E-state index in [1.807, 2.05) is 0 Å². The fraction of sp³-hybridized carbons (Fsp3) is 0.923. The molecule has 0 bridgehead atoms. The number of alkyl halides is 3. The summed E-state index contributed by atoms with van der Waals surface area (Å²) >= 11 is 0. The van der Waals surface area contributed by atoms with Gasteiger partial charge >= 0.3 is 6.18 Å². The molecule has 0 aliphatic carbocycles. The lowest BCUT2D eigenvalue weighted by Gasteiger charge is -2.33. The molecule has 2 heterocycles. The number of hydrogen-bond donors (Lipinski definition) is 1. The molecule has 0 aromatic heterocycles. The third-order valence-corrected chi connectivity index (χ3v) is 4.05. The fourth-order valence-corrected chi connectivity index (χ4v) is 3.02. The van der Waals surface area contributed by atoms with E-state index in [2.05, 4.69) is 10.1 Å². The number of nitrogens with one attached hydrogen (secondary N) is 1. The first-order chi connectivity index (χ1) is 9.40. The summed E-state index contributed by atoms with van der Waals surface area (Å²) in [6.45, 7) is 1.94. The molecule has 0 unspecified atom stereocenters. The number of carbonyl (C=O) groups excluding carboxylic acids is 1. The molecule has 2 aliphatic rings. The number of ether oxygens (including phenoxy) is 1. The molecule has 20 heavy (non-hydrogen) atoms. The van der Waals surface area contributed by atoms with Crippen molar-refractivity contribution in [3.63, 3.8) is 0 Å². The first-order valence-electron chi connectivity index (χ1n) is 7.03. The van der Waals surface area contributed by atoms with Gasteiger partial charge in [-0.05, 0) is 37.8 Å². The SMILES string of the molecule is O=C1CC2(CCNCC2)CN1CCCOCC(F)(F)F. The van der Waals surface area contributed by atoms with E-state index >= 15 is 0 Å². The number of amides is 1. The molecule has 2 saturated heterocycles. The Balaban J connectivity index is 1.67. The smallest absolute Gasteiger partial charge is 0.372 e. The number of rotatable bonds is 5. The highest BCUT2D eigenvalue weighted by Gasteiger charge is 2.43. The normalized spacial score (nSPS) is 22.8. The molecule has 116 valence electrons. The van der Waals surface area contributed by atoms with Crippen molar-refractivity contribution >= 4 is 5.91 Å². The summed E-state index contributed by atoms with van der Waals surface area (Å²) in [7, 11) is 0. The summed E-state index contributed by atoms with van der Waals surface area (Å²) in [6, 6.07) is 0. The van der Waals surface area contributed by atoms with E-state index in [0.29, 0.717) is 19.4 Å². The maximum absolute atomic E-state index is 12.0. The van der Waals surface area contributed by atoms with E-state index in [0.717, 1.165) is 32.5 Å². The number of carbonyl (C=O) groups is 1. The second-order valence-corrected chi connectivity index (χ2v) is 5.76. The summed E-state index contributed by atoms with van der Waals surface area (Å²) in [5.74, 6) is 0.128. The van der Waals surface area contributed by atoms with Crippen LogP contribution in [-0.2, 0) is 9.53 Å². The average Bonchev–Trinajstić information content (AvgIpc) is 2.65. The van der Waals surface area contributed by atoms with Crippen molar-refractivity contribution in [2.45, 2.75) is 31.9 Å². The van der Waals surface area contributed by atoms with Crippen LogP contribution in [0.25, 0.3) is 0 Å². The third kappa shape index (κ3) is 4.34. The molecule has 4 nitrogen and oxygen atoms in total. The minimum absolute atomic E-state index is 0.0395. The van der Waals surface area contributed by atoms with Gasteiger partial charge in [-0.3, -0.25) is 4.79 Å². The minimum Gasteiger partial charge on any atom is -0.372 e. The zero-order chi connectivity index (χ0) is 14.6. The summed E-state index contributed by atoms with van der Waals surface area (Å²) in [5, 5.41) is 3.28. The van der Waals surface area contributed by atoms with Crippen LogP contribution in [0.1, 0.15) is 25.7 Å². The molecule has 1 N–H and O–H groups in total. The van der Waals surface area contributed by atoms with Gasteiger partial charge in [0.1, 0.15) is 6.61 Å². The molecule has 0 saturated carbocycles. The maximum Gasteiger partial charge on any atom is 0.411 e. The van der Waals surface area contributed by atoms with Crippen LogP contribution in [0, 0.1) is 5.41 Å². The molecule has 2 fully saturated rings. The molecular weight excluding hydrogens is 273 g/mol. The van der Waals surface area contributed by atoms with Gasteiger partial charge in [0, 0.05) is 26.1 Å². The topological polar surface area (TPSA) is 41.6 Å². The first kappa shape index (κ1) is 15.6. The van der Waals surface area contributed by atoms with Gasteiger partial charge in [-0.2, -0.15) is 13.2 Å². The van der Waals surface area contributed by atoms with Gasteiger partial charge < -0.3 is 15.0 Å². The second kappa shape index (κ2) is 6.30. The van der Waals surface area contributed by atoms with Crippen LogP contribution in [0.2, 0.25) is 0 Å². The van der Waals surface area contributed by atoms with Crippen molar-refractivity contribution in [3.05, 3.63) is 0 Å². The molecule has 7 heteroatoms. The molecule has 2 aliphatic heterocycles. The molecule has 2 rings (SSSR count). The Bertz CT molecular complexity index is 341. The number of halogens is 3. The Labute approximate surface area is 116 Å². The number of piperidine rings is 1. The molecule has 0 aromatic carbocycles. The van der Waals surface area contributed by atoms with Gasteiger partial charge in [0.05, 0.1) is 0 Å². The van der Waals surface area contributed by atoms with Crippen molar-refractivity contribution in [1.82, 2.24) is 10.2 Å².